The predicted molar refractivity (Wildman–Crippen MR) is 61.9 cm³/mol. The molecule has 0 N–H and O–H groups in total. The van der Waals surface area contributed by atoms with Crippen molar-refractivity contribution < 1.29 is 13.7 Å². The first kappa shape index (κ1) is 12.0. The zero-order valence-corrected chi connectivity index (χ0v) is 10.8. The predicted octanol–water partition coefficient (Wildman–Crippen LogP) is 2.58. The normalized spacial score (nSPS) is 36.7. The van der Waals surface area contributed by atoms with Crippen LogP contribution in [-0.4, -0.2) is 31.5 Å². The molecule has 0 aromatic heterocycles. The van der Waals surface area contributed by atoms with Crippen LogP contribution < -0.4 is 0 Å². The second-order valence-electron chi connectivity index (χ2n) is 2.69. The van der Waals surface area contributed by atoms with Gasteiger partial charge in [-0.15, -0.1) is 0 Å². The fourth-order valence-corrected chi connectivity index (χ4v) is 2.62. The lowest BCUT2D eigenvalue weighted by atomic mass is 10.1. The van der Waals surface area contributed by atoms with Gasteiger partial charge in [0.15, 0.2) is 0 Å². The molecule has 2 heterocycles. The molecule has 2 aliphatic heterocycles. The third-order valence-corrected chi connectivity index (χ3v) is 3.02. The van der Waals surface area contributed by atoms with Crippen LogP contribution in [0.2, 0.25) is 0 Å². The Morgan fingerprint density at radius 1 is 1.38 bits per heavy atom. The van der Waals surface area contributed by atoms with Crippen molar-refractivity contribution in [1.29, 1.82) is 0 Å². The SMILES string of the molecule is CC.ISOC1CO[C@@H]2CCO[C@H]12. The van der Waals surface area contributed by atoms with Gasteiger partial charge in [0, 0.05) is 27.8 Å². The van der Waals surface area contributed by atoms with Gasteiger partial charge < -0.3 is 9.47 Å². The van der Waals surface area contributed by atoms with E-state index in [1.807, 2.05) is 13.8 Å². The minimum atomic E-state index is 0.143. The van der Waals surface area contributed by atoms with Gasteiger partial charge >= 0.3 is 0 Å². The first-order valence-electron chi connectivity index (χ1n) is 4.59. The highest BCUT2D eigenvalue weighted by atomic mass is 127. The van der Waals surface area contributed by atoms with Crippen LogP contribution in [0.1, 0.15) is 20.3 Å². The molecule has 0 aromatic carbocycles. The molecular formula is C8H15IO3S. The summed E-state index contributed by atoms with van der Waals surface area (Å²) < 4.78 is 16.3. The Balaban J connectivity index is 0.000000396. The number of hydrogen-bond acceptors (Lipinski definition) is 4. The number of ether oxygens (including phenoxy) is 2. The van der Waals surface area contributed by atoms with E-state index in [0.29, 0.717) is 12.7 Å². The number of fused-ring (bicyclic) bond motifs is 1. The van der Waals surface area contributed by atoms with E-state index in [1.165, 1.54) is 9.21 Å². The van der Waals surface area contributed by atoms with Crippen LogP contribution in [0.15, 0.2) is 0 Å². The molecule has 0 spiro atoms. The smallest absolute Gasteiger partial charge is 0.125 e. The van der Waals surface area contributed by atoms with E-state index in [4.69, 9.17) is 13.7 Å². The topological polar surface area (TPSA) is 27.7 Å². The highest BCUT2D eigenvalue weighted by Gasteiger charge is 2.42. The largest absolute Gasteiger partial charge is 0.373 e. The molecule has 2 rings (SSSR count). The zero-order chi connectivity index (χ0) is 9.68. The summed E-state index contributed by atoms with van der Waals surface area (Å²) in [4.78, 5) is 0. The average molecular weight is 318 g/mol. The average Bonchev–Trinajstić information content (AvgIpc) is 2.74. The van der Waals surface area contributed by atoms with Gasteiger partial charge in [0.1, 0.15) is 12.2 Å². The highest BCUT2D eigenvalue weighted by Crippen LogP contribution is 2.31. The minimum Gasteiger partial charge on any atom is -0.373 e. The van der Waals surface area contributed by atoms with E-state index >= 15 is 0 Å². The van der Waals surface area contributed by atoms with Crippen LogP contribution >= 0.6 is 30.4 Å². The molecule has 78 valence electrons. The van der Waals surface area contributed by atoms with Crippen molar-refractivity contribution >= 4 is 30.4 Å². The molecule has 2 aliphatic rings. The summed E-state index contributed by atoms with van der Waals surface area (Å²) in [5.74, 6) is 0. The van der Waals surface area contributed by atoms with E-state index in [9.17, 15) is 0 Å². The minimum absolute atomic E-state index is 0.143. The molecule has 1 unspecified atom stereocenters. The molecule has 2 fully saturated rings. The molecule has 5 heteroatoms. The van der Waals surface area contributed by atoms with Crippen molar-refractivity contribution in [3.05, 3.63) is 0 Å². The molecule has 0 saturated carbocycles. The van der Waals surface area contributed by atoms with Crippen molar-refractivity contribution in [2.75, 3.05) is 13.2 Å². The molecule has 0 amide bonds. The Morgan fingerprint density at radius 3 is 2.85 bits per heavy atom. The molecule has 0 aromatic rings. The quantitative estimate of drug-likeness (QED) is 0.578. The fraction of sp³-hybridized carbons (Fsp3) is 1.00. The van der Waals surface area contributed by atoms with Gasteiger partial charge in [-0.05, 0) is 6.42 Å². The maximum absolute atomic E-state index is 5.48. The first-order valence-corrected chi connectivity index (χ1v) is 7.87. The van der Waals surface area contributed by atoms with Crippen LogP contribution in [0.25, 0.3) is 0 Å². The summed E-state index contributed by atoms with van der Waals surface area (Å²) in [6.07, 6.45) is 1.65. The Morgan fingerprint density at radius 2 is 2.15 bits per heavy atom. The molecular weight excluding hydrogens is 303 g/mol. The highest BCUT2D eigenvalue weighted by molar-refractivity contribution is 14.2. The Labute approximate surface area is 95.7 Å². The van der Waals surface area contributed by atoms with Gasteiger partial charge in [0.25, 0.3) is 0 Å². The lowest BCUT2D eigenvalue weighted by Crippen LogP contribution is -2.27. The lowest BCUT2D eigenvalue weighted by molar-refractivity contribution is 0.0402. The molecule has 0 bridgehead atoms. The molecule has 2 saturated heterocycles. The Hall–Kier alpha value is 0.960. The van der Waals surface area contributed by atoms with Gasteiger partial charge in [-0.25, -0.2) is 0 Å². The Kier molecular flexibility index (Phi) is 5.96. The summed E-state index contributed by atoms with van der Waals surface area (Å²) in [5.41, 5.74) is 0. The van der Waals surface area contributed by atoms with E-state index < -0.39 is 0 Å². The van der Waals surface area contributed by atoms with Gasteiger partial charge in [-0.2, -0.15) is 0 Å². The fourth-order valence-electron chi connectivity index (χ4n) is 1.56. The number of hydrogen-bond donors (Lipinski definition) is 0. The molecule has 3 atom stereocenters. The second kappa shape index (κ2) is 6.44. The first-order chi connectivity index (χ1) is 6.42. The zero-order valence-electron chi connectivity index (χ0n) is 7.86. The van der Waals surface area contributed by atoms with Crippen molar-refractivity contribution in [2.24, 2.45) is 0 Å². The van der Waals surface area contributed by atoms with Gasteiger partial charge in [-0.3, -0.25) is 4.18 Å². The van der Waals surface area contributed by atoms with Gasteiger partial charge in [0.05, 0.1) is 21.9 Å². The van der Waals surface area contributed by atoms with Crippen LogP contribution in [0.3, 0.4) is 0 Å². The summed E-state index contributed by atoms with van der Waals surface area (Å²) in [5, 5.41) is 0. The maximum Gasteiger partial charge on any atom is 0.125 e. The summed E-state index contributed by atoms with van der Waals surface area (Å²) in [7, 11) is 1.36. The number of halogens is 1. The second-order valence-corrected chi connectivity index (χ2v) is 4.09. The maximum atomic E-state index is 5.48. The third-order valence-electron chi connectivity index (χ3n) is 2.08. The standard InChI is InChI=1S/C6H9IO3S.C2H6/c7-11-10-5-3-9-4-1-2-8-6(4)5;1-2/h4-6H,1-3H2;1-2H3/t4-,5?,6+;/m1./s1. The third kappa shape index (κ3) is 2.95. The molecule has 13 heavy (non-hydrogen) atoms. The Bertz CT molecular complexity index is 145. The van der Waals surface area contributed by atoms with Crippen molar-refractivity contribution in [3.8, 4) is 0 Å². The van der Waals surface area contributed by atoms with Crippen molar-refractivity contribution in [3.63, 3.8) is 0 Å². The van der Waals surface area contributed by atoms with E-state index in [2.05, 4.69) is 21.2 Å². The molecule has 3 nitrogen and oxygen atoms in total. The summed E-state index contributed by atoms with van der Waals surface area (Å²) >= 11 is 2.11. The van der Waals surface area contributed by atoms with Crippen LogP contribution in [0.4, 0.5) is 0 Å². The van der Waals surface area contributed by atoms with Crippen LogP contribution in [-0.2, 0) is 13.7 Å². The van der Waals surface area contributed by atoms with Crippen molar-refractivity contribution in [2.45, 2.75) is 38.6 Å². The van der Waals surface area contributed by atoms with E-state index in [-0.39, 0.29) is 12.2 Å². The van der Waals surface area contributed by atoms with E-state index in [0.717, 1.165) is 13.0 Å². The number of rotatable bonds is 2. The summed E-state index contributed by atoms with van der Waals surface area (Å²) in [6, 6.07) is 0. The lowest BCUT2D eigenvalue weighted by Gasteiger charge is -2.12. The monoisotopic (exact) mass is 318 g/mol. The van der Waals surface area contributed by atoms with Crippen molar-refractivity contribution in [1.82, 2.24) is 0 Å². The molecule has 0 radical (unpaired) electrons. The van der Waals surface area contributed by atoms with Gasteiger partial charge in [0.2, 0.25) is 0 Å². The van der Waals surface area contributed by atoms with Gasteiger partial charge in [-0.1, -0.05) is 13.8 Å². The molecule has 0 aliphatic carbocycles. The van der Waals surface area contributed by atoms with E-state index in [1.54, 1.807) is 0 Å². The van der Waals surface area contributed by atoms with Crippen LogP contribution in [0.5, 0.6) is 0 Å². The summed E-state index contributed by atoms with van der Waals surface area (Å²) in [6.45, 7) is 5.51. The van der Waals surface area contributed by atoms with Crippen LogP contribution in [0, 0.1) is 0 Å².